The number of nitrogens with zero attached hydrogens (tertiary/aromatic N) is 1. The number of nitro groups is 1. The molecule has 6 heteroatoms. The topological polar surface area (TPSA) is 82.6 Å². The second-order valence-corrected chi connectivity index (χ2v) is 3.84. The van der Waals surface area contributed by atoms with E-state index in [1.165, 1.54) is 13.2 Å². The van der Waals surface area contributed by atoms with Crippen LogP contribution in [0.2, 0.25) is 0 Å². The summed E-state index contributed by atoms with van der Waals surface area (Å²) in [4.78, 5) is 21.3. The van der Waals surface area contributed by atoms with Gasteiger partial charge in [0.1, 0.15) is 11.5 Å². The van der Waals surface area contributed by atoms with Gasteiger partial charge < -0.3 is 9.15 Å². The van der Waals surface area contributed by atoms with Crippen molar-refractivity contribution in [1.82, 2.24) is 0 Å². The number of rotatable bonds is 4. The van der Waals surface area contributed by atoms with Crippen LogP contribution in [0, 0.1) is 10.1 Å². The summed E-state index contributed by atoms with van der Waals surface area (Å²) < 4.78 is 10.2. The van der Waals surface area contributed by atoms with Crippen molar-refractivity contribution >= 4 is 12.0 Å². The van der Waals surface area contributed by atoms with Crippen molar-refractivity contribution in [1.29, 1.82) is 0 Å². The summed E-state index contributed by atoms with van der Waals surface area (Å²) in [5.74, 6) is 0.296. The number of esters is 1. The van der Waals surface area contributed by atoms with E-state index in [1.54, 1.807) is 36.4 Å². The summed E-state index contributed by atoms with van der Waals surface area (Å²) in [7, 11) is 1.30. The third-order valence-electron chi connectivity index (χ3n) is 2.59. The molecule has 0 aliphatic carbocycles. The highest BCUT2D eigenvalue weighted by atomic mass is 16.6. The van der Waals surface area contributed by atoms with Gasteiger partial charge in [-0.2, -0.15) is 0 Å². The Morgan fingerprint density at radius 1 is 1.30 bits per heavy atom. The number of ether oxygens (including phenoxy) is 1. The van der Waals surface area contributed by atoms with Crippen molar-refractivity contribution in [2.75, 3.05) is 7.11 Å². The third kappa shape index (κ3) is 2.92. The summed E-state index contributed by atoms with van der Waals surface area (Å²) in [5.41, 5.74) is 0.939. The standard InChI is InChI=1S/C14H11NO5/c1-19-14(16)12-5-3-2-4-11(12)13-7-6-10(20-13)8-9-15(17)18/h2-9H,1H3. The largest absolute Gasteiger partial charge is 0.465 e. The normalized spacial score (nSPS) is 10.7. The van der Waals surface area contributed by atoms with Gasteiger partial charge in [-0.3, -0.25) is 10.1 Å². The smallest absolute Gasteiger partial charge is 0.338 e. The molecule has 0 amide bonds. The van der Waals surface area contributed by atoms with Crippen LogP contribution in [0.25, 0.3) is 17.4 Å². The highest BCUT2D eigenvalue weighted by Crippen LogP contribution is 2.26. The fourth-order valence-corrected chi connectivity index (χ4v) is 1.71. The molecule has 0 fully saturated rings. The minimum Gasteiger partial charge on any atom is -0.465 e. The van der Waals surface area contributed by atoms with Crippen molar-refractivity contribution in [2.45, 2.75) is 0 Å². The maximum atomic E-state index is 11.7. The fourth-order valence-electron chi connectivity index (χ4n) is 1.71. The second kappa shape index (κ2) is 5.83. The van der Waals surface area contributed by atoms with Gasteiger partial charge in [-0.15, -0.1) is 0 Å². The number of furan rings is 1. The summed E-state index contributed by atoms with van der Waals surface area (Å²) in [5, 5.41) is 10.2. The highest BCUT2D eigenvalue weighted by Gasteiger charge is 2.14. The number of carbonyl (C=O) groups excluding carboxylic acids is 1. The van der Waals surface area contributed by atoms with E-state index in [2.05, 4.69) is 0 Å². The van der Waals surface area contributed by atoms with E-state index in [-0.39, 0.29) is 0 Å². The molecule has 0 unspecified atom stereocenters. The van der Waals surface area contributed by atoms with Gasteiger partial charge >= 0.3 is 5.97 Å². The molecule has 102 valence electrons. The molecule has 0 atom stereocenters. The van der Waals surface area contributed by atoms with E-state index in [0.717, 1.165) is 6.20 Å². The minimum absolute atomic E-state index is 0.330. The molecule has 0 radical (unpaired) electrons. The van der Waals surface area contributed by atoms with Gasteiger partial charge in [0.15, 0.2) is 0 Å². The Kier molecular flexibility index (Phi) is 3.95. The minimum atomic E-state index is -0.579. The molecule has 0 saturated heterocycles. The van der Waals surface area contributed by atoms with Crippen LogP contribution in [-0.4, -0.2) is 18.0 Å². The average Bonchev–Trinajstić information content (AvgIpc) is 2.93. The predicted octanol–water partition coefficient (Wildman–Crippen LogP) is 2.98. The molecule has 0 N–H and O–H groups in total. The van der Waals surface area contributed by atoms with Crippen molar-refractivity contribution in [2.24, 2.45) is 0 Å². The second-order valence-electron chi connectivity index (χ2n) is 3.84. The summed E-state index contributed by atoms with van der Waals surface area (Å²) in [6.07, 6.45) is 2.03. The SMILES string of the molecule is COC(=O)c1ccccc1-c1ccc(C=C[N+](=O)[O-])o1. The van der Waals surface area contributed by atoms with Crippen LogP contribution >= 0.6 is 0 Å². The van der Waals surface area contributed by atoms with Crippen molar-refractivity contribution in [3.05, 3.63) is 64.0 Å². The lowest BCUT2D eigenvalue weighted by Crippen LogP contribution is -2.02. The Bertz CT molecular complexity index is 672. The Labute approximate surface area is 114 Å². The molecule has 6 nitrogen and oxygen atoms in total. The number of methoxy groups -OCH3 is 1. The summed E-state index contributed by atoms with van der Waals surface area (Å²) in [6.45, 7) is 0. The van der Waals surface area contributed by atoms with Gasteiger partial charge in [-0.25, -0.2) is 4.79 Å². The van der Waals surface area contributed by atoms with Crippen LogP contribution in [0.15, 0.2) is 47.0 Å². The monoisotopic (exact) mass is 273 g/mol. The first-order chi connectivity index (χ1) is 9.61. The first kappa shape index (κ1) is 13.5. The van der Waals surface area contributed by atoms with E-state index in [9.17, 15) is 14.9 Å². The van der Waals surface area contributed by atoms with Gasteiger partial charge in [0.25, 0.3) is 0 Å². The number of hydrogen-bond acceptors (Lipinski definition) is 5. The maximum absolute atomic E-state index is 11.7. The highest BCUT2D eigenvalue weighted by molar-refractivity contribution is 5.96. The summed E-state index contributed by atoms with van der Waals surface area (Å²) >= 11 is 0. The van der Waals surface area contributed by atoms with Crippen LogP contribution in [0.1, 0.15) is 16.1 Å². The zero-order chi connectivity index (χ0) is 14.5. The lowest BCUT2D eigenvalue weighted by molar-refractivity contribution is -0.401. The molecule has 1 aromatic heterocycles. The van der Waals surface area contributed by atoms with E-state index in [4.69, 9.17) is 9.15 Å². The molecule has 2 rings (SSSR count). The third-order valence-corrected chi connectivity index (χ3v) is 2.59. The first-order valence-corrected chi connectivity index (χ1v) is 5.71. The number of carbonyl (C=O) groups is 1. The van der Waals surface area contributed by atoms with Gasteiger partial charge in [0.2, 0.25) is 6.20 Å². The van der Waals surface area contributed by atoms with Gasteiger partial charge in [0, 0.05) is 5.56 Å². The van der Waals surface area contributed by atoms with E-state index < -0.39 is 10.9 Å². The summed E-state index contributed by atoms with van der Waals surface area (Å²) in [6, 6.07) is 10.0. The zero-order valence-electron chi connectivity index (χ0n) is 10.6. The van der Waals surface area contributed by atoms with Gasteiger partial charge in [0.05, 0.1) is 23.7 Å². The molecule has 0 aliphatic heterocycles. The van der Waals surface area contributed by atoms with Gasteiger partial charge in [-0.05, 0) is 18.2 Å². The Morgan fingerprint density at radius 2 is 2.05 bits per heavy atom. The molecule has 2 aromatic rings. The average molecular weight is 273 g/mol. The maximum Gasteiger partial charge on any atom is 0.338 e. The quantitative estimate of drug-likeness (QED) is 0.486. The van der Waals surface area contributed by atoms with E-state index in [1.807, 2.05) is 0 Å². The molecule has 0 spiro atoms. The molecule has 0 saturated carbocycles. The van der Waals surface area contributed by atoms with Crippen molar-refractivity contribution in [3.63, 3.8) is 0 Å². The Balaban J connectivity index is 2.38. The molecule has 0 aliphatic rings. The fraction of sp³-hybridized carbons (Fsp3) is 0.0714. The lowest BCUT2D eigenvalue weighted by Gasteiger charge is -2.04. The molecular formula is C14H11NO5. The van der Waals surface area contributed by atoms with Crippen molar-refractivity contribution < 1.29 is 18.9 Å². The predicted molar refractivity (Wildman–Crippen MR) is 71.5 cm³/mol. The van der Waals surface area contributed by atoms with Crippen LogP contribution in [-0.2, 0) is 4.74 Å². The Morgan fingerprint density at radius 3 is 2.75 bits per heavy atom. The number of hydrogen-bond donors (Lipinski definition) is 0. The molecule has 1 aromatic carbocycles. The van der Waals surface area contributed by atoms with Crippen LogP contribution < -0.4 is 0 Å². The first-order valence-electron chi connectivity index (χ1n) is 5.71. The molecule has 1 heterocycles. The zero-order valence-corrected chi connectivity index (χ0v) is 10.6. The van der Waals surface area contributed by atoms with Gasteiger partial charge in [-0.1, -0.05) is 18.2 Å². The lowest BCUT2D eigenvalue weighted by atomic mass is 10.1. The van der Waals surface area contributed by atoms with Crippen LogP contribution in [0.3, 0.4) is 0 Å². The molecular weight excluding hydrogens is 262 g/mol. The molecule has 20 heavy (non-hydrogen) atoms. The van der Waals surface area contributed by atoms with E-state index in [0.29, 0.717) is 22.6 Å². The molecule has 0 bridgehead atoms. The Hall–Kier alpha value is -2.89. The van der Waals surface area contributed by atoms with E-state index >= 15 is 0 Å². The van der Waals surface area contributed by atoms with Crippen LogP contribution in [0.4, 0.5) is 0 Å². The van der Waals surface area contributed by atoms with Crippen LogP contribution in [0.5, 0.6) is 0 Å². The van der Waals surface area contributed by atoms with Crippen molar-refractivity contribution in [3.8, 4) is 11.3 Å². The number of benzene rings is 1.